The summed E-state index contributed by atoms with van der Waals surface area (Å²) >= 11 is 0. The van der Waals surface area contributed by atoms with Crippen LogP contribution in [0, 0.1) is 6.92 Å². The van der Waals surface area contributed by atoms with Crippen molar-refractivity contribution in [2.75, 3.05) is 25.9 Å². The molecule has 0 bridgehead atoms. The predicted molar refractivity (Wildman–Crippen MR) is 119 cm³/mol. The first-order valence-electron chi connectivity index (χ1n) is 9.82. The molecule has 29 heavy (non-hydrogen) atoms. The third-order valence-corrected chi connectivity index (χ3v) is 5.36. The topological polar surface area (TPSA) is 79.8 Å². The van der Waals surface area contributed by atoms with Gasteiger partial charge in [0.25, 0.3) is 0 Å². The van der Waals surface area contributed by atoms with E-state index in [0.717, 1.165) is 35.8 Å². The maximum absolute atomic E-state index is 11.5. The summed E-state index contributed by atoms with van der Waals surface area (Å²) in [7, 11) is -3.16. The van der Waals surface area contributed by atoms with Gasteiger partial charge in [-0.05, 0) is 62.6 Å². The summed E-state index contributed by atoms with van der Waals surface area (Å²) in [5.41, 5.74) is 2.23. The SMILES string of the molecule is CCNC(=NCC(C)Oc1cccc(C)c1)NCCc1ccc(S(C)(=O)=O)cc1. The van der Waals surface area contributed by atoms with Crippen LogP contribution < -0.4 is 15.4 Å². The number of aliphatic imine (C=N–C) groups is 1. The van der Waals surface area contributed by atoms with Crippen molar-refractivity contribution in [3.63, 3.8) is 0 Å². The van der Waals surface area contributed by atoms with Crippen LogP contribution in [0.2, 0.25) is 0 Å². The zero-order chi connectivity index (χ0) is 21.3. The van der Waals surface area contributed by atoms with Gasteiger partial charge in [-0.15, -0.1) is 0 Å². The van der Waals surface area contributed by atoms with E-state index in [1.54, 1.807) is 12.1 Å². The van der Waals surface area contributed by atoms with E-state index in [-0.39, 0.29) is 6.10 Å². The van der Waals surface area contributed by atoms with E-state index >= 15 is 0 Å². The van der Waals surface area contributed by atoms with E-state index in [1.165, 1.54) is 6.26 Å². The van der Waals surface area contributed by atoms with Gasteiger partial charge in [-0.1, -0.05) is 24.3 Å². The van der Waals surface area contributed by atoms with Crippen LogP contribution in [0.5, 0.6) is 5.75 Å². The summed E-state index contributed by atoms with van der Waals surface area (Å²) in [6.45, 7) is 8.05. The Labute approximate surface area is 174 Å². The number of nitrogens with one attached hydrogen (secondary N) is 2. The summed E-state index contributed by atoms with van der Waals surface area (Å²) in [4.78, 5) is 4.94. The highest BCUT2D eigenvalue weighted by atomic mass is 32.2. The van der Waals surface area contributed by atoms with E-state index in [0.29, 0.717) is 18.0 Å². The number of benzene rings is 2. The van der Waals surface area contributed by atoms with E-state index in [2.05, 4.69) is 15.6 Å². The molecule has 0 aliphatic heterocycles. The minimum Gasteiger partial charge on any atom is -0.489 e. The van der Waals surface area contributed by atoms with Gasteiger partial charge in [0, 0.05) is 19.3 Å². The van der Waals surface area contributed by atoms with Crippen LogP contribution in [-0.4, -0.2) is 46.4 Å². The van der Waals surface area contributed by atoms with Gasteiger partial charge in [0.2, 0.25) is 0 Å². The van der Waals surface area contributed by atoms with E-state index < -0.39 is 9.84 Å². The first-order valence-corrected chi connectivity index (χ1v) is 11.7. The van der Waals surface area contributed by atoms with Crippen molar-refractivity contribution >= 4 is 15.8 Å². The Kier molecular flexibility index (Phi) is 8.51. The highest BCUT2D eigenvalue weighted by Gasteiger charge is 2.07. The minimum absolute atomic E-state index is 0.0456. The fourth-order valence-corrected chi connectivity index (χ4v) is 3.38. The molecular weight excluding hydrogens is 386 g/mol. The van der Waals surface area contributed by atoms with Crippen molar-refractivity contribution in [2.45, 2.75) is 38.2 Å². The first kappa shape index (κ1) is 22.7. The fourth-order valence-electron chi connectivity index (χ4n) is 2.75. The van der Waals surface area contributed by atoms with Gasteiger partial charge in [-0.25, -0.2) is 13.4 Å². The maximum Gasteiger partial charge on any atom is 0.191 e. The highest BCUT2D eigenvalue weighted by molar-refractivity contribution is 7.90. The lowest BCUT2D eigenvalue weighted by molar-refractivity contribution is 0.230. The molecule has 1 unspecified atom stereocenters. The van der Waals surface area contributed by atoms with Crippen LogP contribution in [0.15, 0.2) is 58.4 Å². The molecule has 2 aromatic rings. The van der Waals surface area contributed by atoms with E-state index in [9.17, 15) is 8.42 Å². The highest BCUT2D eigenvalue weighted by Crippen LogP contribution is 2.14. The number of aryl methyl sites for hydroxylation is 1. The standard InChI is InChI=1S/C22H31N3O3S/c1-5-23-22(25-16-18(3)28-20-8-6-7-17(2)15-20)24-14-13-19-9-11-21(12-10-19)29(4,26)27/h6-12,15,18H,5,13-14,16H2,1-4H3,(H2,23,24,25). The van der Waals surface area contributed by atoms with Gasteiger partial charge in [-0.3, -0.25) is 0 Å². The van der Waals surface area contributed by atoms with Gasteiger partial charge < -0.3 is 15.4 Å². The molecule has 0 fully saturated rings. The molecule has 0 radical (unpaired) electrons. The Morgan fingerprint density at radius 2 is 1.86 bits per heavy atom. The number of sulfone groups is 1. The third-order valence-electron chi connectivity index (χ3n) is 4.24. The number of rotatable bonds is 9. The van der Waals surface area contributed by atoms with E-state index in [4.69, 9.17) is 4.74 Å². The summed E-state index contributed by atoms with van der Waals surface area (Å²) < 4.78 is 29.0. The molecule has 1 atom stereocenters. The van der Waals surface area contributed by atoms with Gasteiger partial charge in [0.15, 0.2) is 15.8 Å². The second kappa shape index (κ2) is 10.9. The Hall–Kier alpha value is -2.54. The summed E-state index contributed by atoms with van der Waals surface area (Å²) in [5, 5.41) is 6.54. The van der Waals surface area contributed by atoms with Crippen molar-refractivity contribution in [3.05, 3.63) is 59.7 Å². The molecule has 158 valence electrons. The summed E-state index contributed by atoms with van der Waals surface area (Å²) in [5.74, 6) is 1.59. The third kappa shape index (κ3) is 8.15. The summed E-state index contributed by atoms with van der Waals surface area (Å²) in [6.07, 6.45) is 1.94. The van der Waals surface area contributed by atoms with Gasteiger partial charge in [0.1, 0.15) is 11.9 Å². The van der Waals surface area contributed by atoms with Crippen molar-refractivity contribution in [2.24, 2.45) is 4.99 Å². The van der Waals surface area contributed by atoms with Gasteiger partial charge in [-0.2, -0.15) is 0 Å². The fraction of sp³-hybridized carbons (Fsp3) is 0.409. The number of nitrogens with zero attached hydrogens (tertiary/aromatic N) is 1. The molecule has 0 spiro atoms. The number of hydrogen-bond acceptors (Lipinski definition) is 4. The monoisotopic (exact) mass is 417 g/mol. The lowest BCUT2D eigenvalue weighted by Gasteiger charge is -2.15. The lowest BCUT2D eigenvalue weighted by atomic mass is 10.1. The van der Waals surface area contributed by atoms with Crippen LogP contribution >= 0.6 is 0 Å². The smallest absolute Gasteiger partial charge is 0.191 e. The molecule has 0 saturated carbocycles. The van der Waals surface area contributed by atoms with Crippen LogP contribution in [0.3, 0.4) is 0 Å². The predicted octanol–water partition coefficient (Wildman–Crippen LogP) is 2.96. The Bertz CT molecular complexity index is 909. The molecule has 0 saturated heterocycles. The van der Waals surface area contributed by atoms with Crippen LogP contribution in [0.4, 0.5) is 0 Å². The molecule has 2 N–H and O–H groups in total. The zero-order valence-corrected chi connectivity index (χ0v) is 18.4. The molecule has 0 amide bonds. The number of guanidine groups is 1. The van der Waals surface area contributed by atoms with Crippen molar-refractivity contribution < 1.29 is 13.2 Å². The summed E-state index contributed by atoms with van der Waals surface area (Å²) in [6, 6.07) is 15.0. The van der Waals surface area contributed by atoms with E-state index in [1.807, 2.05) is 57.2 Å². The maximum atomic E-state index is 11.5. The largest absolute Gasteiger partial charge is 0.489 e. The molecule has 0 aromatic heterocycles. The number of ether oxygens (including phenoxy) is 1. The van der Waals surface area contributed by atoms with Crippen LogP contribution in [-0.2, 0) is 16.3 Å². The molecule has 0 heterocycles. The molecule has 0 aliphatic carbocycles. The molecule has 0 aliphatic rings. The van der Waals surface area contributed by atoms with Crippen LogP contribution in [0.1, 0.15) is 25.0 Å². The normalized spacial score (nSPS) is 13.0. The van der Waals surface area contributed by atoms with Gasteiger partial charge >= 0.3 is 0 Å². The van der Waals surface area contributed by atoms with Gasteiger partial charge in [0.05, 0.1) is 11.4 Å². The lowest BCUT2D eigenvalue weighted by Crippen LogP contribution is -2.39. The molecule has 2 aromatic carbocycles. The average molecular weight is 418 g/mol. The first-order chi connectivity index (χ1) is 13.8. The zero-order valence-electron chi connectivity index (χ0n) is 17.6. The molecule has 7 heteroatoms. The Morgan fingerprint density at radius 1 is 1.14 bits per heavy atom. The van der Waals surface area contributed by atoms with Crippen molar-refractivity contribution in [3.8, 4) is 5.75 Å². The van der Waals surface area contributed by atoms with Crippen molar-refractivity contribution in [1.29, 1.82) is 0 Å². The van der Waals surface area contributed by atoms with Crippen LogP contribution in [0.25, 0.3) is 0 Å². The second-order valence-electron chi connectivity index (χ2n) is 7.06. The molecule has 2 rings (SSSR count). The second-order valence-corrected chi connectivity index (χ2v) is 9.07. The molecular formula is C22H31N3O3S. The Balaban J connectivity index is 1.85. The van der Waals surface area contributed by atoms with Crippen molar-refractivity contribution in [1.82, 2.24) is 10.6 Å². The minimum atomic E-state index is -3.16. The quantitative estimate of drug-likeness (QED) is 0.484. The Morgan fingerprint density at radius 3 is 2.48 bits per heavy atom. The average Bonchev–Trinajstić information content (AvgIpc) is 2.66. The molecule has 6 nitrogen and oxygen atoms in total. The number of hydrogen-bond donors (Lipinski definition) is 2.